The molecule has 0 unspecified atom stereocenters. The van der Waals surface area contributed by atoms with Crippen LogP contribution in [-0.4, -0.2) is 37.4 Å². The Morgan fingerprint density at radius 2 is 2.00 bits per heavy atom. The monoisotopic (exact) mass is 221 g/mol. The van der Waals surface area contributed by atoms with Crippen molar-refractivity contribution < 1.29 is 9.59 Å². The number of hydrogen-bond donors (Lipinski definition) is 2. The Hall–Kier alpha value is -2.04. The molecule has 0 aliphatic heterocycles. The molecule has 5 nitrogen and oxygen atoms in total. The third-order valence-electron chi connectivity index (χ3n) is 2.20. The lowest BCUT2D eigenvalue weighted by Crippen LogP contribution is -2.37. The maximum absolute atomic E-state index is 11.9. The van der Waals surface area contributed by atoms with Gasteiger partial charge in [0.25, 0.3) is 5.91 Å². The summed E-state index contributed by atoms with van der Waals surface area (Å²) in [7, 11) is 3.08. The fraction of sp³-hybridized carbons (Fsp3) is 0.273. The van der Waals surface area contributed by atoms with E-state index in [9.17, 15) is 9.59 Å². The predicted molar refractivity (Wildman–Crippen MR) is 61.9 cm³/mol. The number of carbonyl (C=O) groups excluding carboxylic acids is 2. The van der Waals surface area contributed by atoms with Gasteiger partial charge in [-0.25, -0.2) is 0 Å². The van der Waals surface area contributed by atoms with Crippen molar-refractivity contribution in [1.29, 1.82) is 0 Å². The fourth-order valence-corrected chi connectivity index (χ4v) is 1.26. The van der Waals surface area contributed by atoms with Crippen molar-refractivity contribution in [3.63, 3.8) is 0 Å². The molecule has 0 spiro atoms. The van der Waals surface area contributed by atoms with E-state index in [4.69, 9.17) is 5.73 Å². The SMILES string of the molecule is CNC(=O)CN(C)C(=O)c1ccccc1N. The standard InChI is InChI=1S/C11H15N3O2/c1-13-10(15)7-14(2)11(16)8-5-3-4-6-9(8)12/h3-6H,7,12H2,1-2H3,(H,13,15). The Balaban J connectivity index is 2.79. The van der Waals surface area contributed by atoms with E-state index < -0.39 is 0 Å². The number of nitrogen functional groups attached to an aromatic ring is 1. The number of nitrogens with two attached hydrogens (primary N) is 1. The fourth-order valence-electron chi connectivity index (χ4n) is 1.26. The summed E-state index contributed by atoms with van der Waals surface area (Å²) < 4.78 is 0. The van der Waals surface area contributed by atoms with Gasteiger partial charge in [-0.1, -0.05) is 12.1 Å². The second-order valence-electron chi connectivity index (χ2n) is 3.42. The molecule has 86 valence electrons. The summed E-state index contributed by atoms with van der Waals surface area (Å²) in [4.78, 5) is 24.3. The van der Waals surface area contributed by atoms with Crippen LogP contribution in [-0.2, 0) is 4.79 Å². The molecule has 0 aliphatic rings. The molecule has 0 bridgehead atoms. The summed E-state index contributed by atoms with van der Waals surface area (Å²) in [6.07, 6.45) is 0. The number of para-hydroxylation sites is 1. The molecule has 2 amide bonds. The van der Waals surface area contributed by atoms with Gasteiger partial charge in [-0.05, 0) is 12.1 Å². The zero-order chi connectivity index (χ0) is 12.1. The van der Waals surface area contributed by atoms with Gasteiger partial charge in [-0.2, -0.15) is 0 Å². The number of hydrogen-bond acceptors (Lipinski definition) is 3. The molecule has 0 saturated heterocycles. The van der Waals surface area contributed by atoms with E-state index in [1.165, 1.54) is 11.9 Å². The molecule has 16 heavy (non-hydrogen) atoms. The lowest BCUT2D eigenvalue weighted by Gasteiger charge is -2.16. The van der Waals surface area contributed by atoms with Crippen LogP contribution in [0.15, 0.2) is 24.3 Å². The van der Waals surface area contributed by atoms with Crippen LogP contribution >= 0.6 is 0 Å². The number of rotatable bonds is 3. The highest BCUT2D eigenvalue weighted by Crippen LogP contribution is 2.12. The van der Waals surface area contributed by atoms with E-state index in [1.54, 1.807) is 31.3 Å². The molecule has 0 fully saturated rings. The van der Waals surface area contributed by atoms with E-state index in [-0.39, 0.29) is 18.4 Å². The quantitative estimate of drug-likeness (QED) is 0.710. The average Bonchev–Trinajstić information content (AvgIpc) is 2.28. The first kappa shape index (κ1) is 12.0. The summed E-state index contributed by atoms with van der Waals surface area (Å²) in [5.74, 6) is -0.480. The Morgan fingerprint density at radius 1 is 1.38 bits per heavy atom. The minimum absolute atomic E-state index is 0.0175. The van der Waals surface area contributed by atoms with Gasteiger partial charge in [-0.3, -0.25) is 9.59 Å². The molecule has 3 N–H and O–H groups in total. The topological polar surface area (TPSA) is 75.4 Å². The summed E-state index contributed by atoms with van der Waals surface area (Å²) in [6, 6.07) is 6.78. The number of amides is 2. The number of nitrogens with zero attached hydrogens (tertiary/aromatic N) is 1. The minimum Gasteiger partial charge on any atom is -0.398 e. The number of benzene rings is 1. The van der Waals surface area contributed by atoms with Crippen molar-refractivity contribution in [2.75, 3.05) is 26.4 Å². The number of nitrogens with one attached hydrogen (secondary N) is 1. The van der Waals surface area contributed by atoms with Crippen molar-refractivity contribution in [2.45, 2.75) is 0 Å². The van der Waals surface area contributed by atoms with Gasteiger partial charge in [0.05, 0.1) is 12.1 Å². The number of anilines is 1. The third-order valence-corrected chi connectivity index (χ3v) is 2.20. The van der Waals surface area contributed by atoms with Crippen LogP contribution in [0.5, 0.6) is 0 Å². The van der Waals surface area contributed by atoms with Crippen LogP contribution in [0.2, 0.25) is 0 Å². The lowest BCUT2D eigenvalue weighted by molar-refractivity contribution is -0.121. The Labute approximate surface area is 94.2 Å². The smallest absolute Gasteiger partial charge is 0.256 e. The summed E-state index contributed by atoms with van der Waals surface area (Å²) in [5.41, 5.74) is 6.50. The van der Waals surface area contributed by atoms with Gasteiger partial charge in [0, 0.05) is 19.8 Å². The molecule has 1 aromatic carbocycles. The predicted octanol–water partition coefficient (Wildman–Crippen LogP) is 0.0868. The molecule has 1 aromatic rings. The molecular formula is C11H15N3O2. The van der Waals surface area contributed by atoms with Crippen molar-refractivity contribution in [1.82, 2.24) is 10.2 Å². The first-order valence-corrected chi connectivity index (χ1v) is 4.86. The van der Waals surface area contributed by atoms with Crippen LogP contribution in [0.25, 0.3) is 0 Å². The highest BCUT2D eigenvalue weighted by Gasteiger charge is 2.15. The summed E-state index contributed by atoms with van der Waals surface area (Å²) >= 11 is 0. The van der Waals surface area contributed by atoms with E-state index in [1.807, 2.05) is 0 Å². The highest BCUT2D eigenvalue weighted by atomic mass is 16.2. The third kappa shape index (κ3) is 2.73. The minimum atomic E-state index is -0.262. The Bertz CT molecular complexity index is 404. The molecule has 0 heterocycles. The van der Waals surface area contributed by atoms with E-state index >= 15 is 0 Å². The van der Waals surface area contributed by atoms with Gasteiger partial charge in [0.15, 0.2) is 0 Å². The maximum atomic E-state index is 11.9. The van der Waals surface area contributed by atoms with Gasteiger partial charge >= 0.3 is 0 Å². The van der Waals surface area contributed by atoms with Gasteiger partial charge in [-0.15, -0.1) is 0 Å². The van der Waals surface area contributed by atoms with E-state index in [0.29, 0.717) is 11.3 Å². The molecule has 0 saturated carbocycles. The van der Waals surface area contributed by atoms with Crippen LogP contribution in [0.3, 0.4) is 0 Å². The zero-order valence-electron chi connectivity index (χ0n) is 9.36. The molecular weight excluding hydrogens is 206 g/mol. The second kappa shape index (κ2) is 5.16. The maximum Gasteiger partial charge on any atom is 0.256 e. The first-order valence-electron chi connectivity index (χ1n) is 4.86. The largest absolute Gasteiger partial charge is 0.398 e. The first-order chi connectivity index (χ1) is 7.56. The van der Waals surface area contributed by atoms with Crippen molar-refractivity contribution in [3.8, 4) is 0 Å². The van der Waals surface area contributed by atoms with Gasteiger partial charge in [0.2, 0.25) is 5.91 Å². The van der Waals surface area contributed by atoms with Crippen molar-refractivity contribution >= 4 is 17.5 Å². The molecule has 0 aromatic heterocycles. The van der Waals surface area contributed by atoms with E-state index in [2.05, 4.69) is 5.32 Å². The molecule has 0 radical (unpaired) electrons. The molecule has 0 atom stereocenters. The second-order valence-corrected chi connectivity index (χ2v) is 3.42. The summed E-state index contributed by atoms with van der Waals surface area (Å²) in [5, 5.41) is 2.45. The van der Waals surface area contributed by atoms with E-state index in [0.717, 1.165) is 0 Å². The van der Waals surface area contributed by atoms with Crippen LogP contribution in [0.4, 0.5) is 5.69 Å². The van der Waals surface area contributed by atoms with Crippen LogP contribution in [0, 0.1) is 0 Å². The molecule has 0 aliphatic carbocycles. The normalized spacial score (nSPS) is 9.62. The zero-order valence-corrected chi connectivity index (χ0v) is 9.36. The lowest BCUT2D eigenvalue weighted by atomic mass is 10.1. The molecule has 5 heteroatoms. The van der Waals surface area contributed by atoms with Crippen LogP contribution in [0.1, 0.15) is 10.4 Å². The number of likely N-dealkylation sites (N-methyl/N-ethyl adjacent to an activating group) is 2. The summed E-state index contributed by atoms with van der Waals surface area (Å²) in [6.45, 7) is 0.0175. The van der Waals surface area contributed by atoms with Gasteiger partial charge in [0.1, 0.15) is 0 Å². The van der Waals surface area contributed by atoms with Gasteiger partial charge < -0.3 is 16.0 Å². The number of carbonyl (C=O) groups is 2. The Morgan fingerprint density at radius 3 is 2.56 bits per heavy atom. The Kier molecular flexibility index (Phi) is 3.88. The average molecular weight is 221 g/mol. The highest BCUT2D eigenvalue weighted by molar-refractivity contribution is 6.00. The van der Waals surface area contributed by atoms with Crippen LogP contribution < -0.4 is 11.1 Å². The van der Waals surface area contributed by atoms with Crippen molar-refractivity contribution in [2.24, 2.45) is 0 Å². The molecule has 1 rings (SSSR count). The van der Waals surface area contributed by atoms with Crippen molar-refractivity contribution in [3.05, 3.63) is 29.8 Å².